The summed E-state index contributed by atoms with van der Waals surface area (Å²) in [6, 6.07) is 6.84. The fraction of sp³-hybridized carbons (Fsp3) is 0.200. The number of carbonyl (C=O) groups is 1. The lowest BCUT2D eigenvalue weighted by molar-refractivity contribution is 0.112. The Labute approximate surface area is 158 Å². The number of rotatable bonds is 3. The summed E-state index contributed by atoms with van der Waals surface area (Å²) in [5.74, 6) is 1.14. The molecule has 4 aromatic rings. The molecule has 0 fully saturated rings. The van der Waals surface area contributed by atoms with E-state index in [0.717, 1.165) is 11.8 Å². The molecular formula is C20H16N4O4. The molecule has 5 rings (SSSR count). The molecule has 1 N–H and O–H groups in total. The van der Waals surface area contributed by atoms with E-state index in [-0.39, 0.29) is 12.3 Å². The molecule has 1 atom stereocenters. The monoisotopic (exact) mass is 376 g/mol. The molecule has 0 radical (unpaired) electrons. The Morgan fingerprint density at radius 1 is 1.32 bits per heavy atom. The molecule has 0 amide bonds. The number of H-pyrrole nitrogens is 1. The smallest absolute Gasteiger partial charge is 0.327 e. The quantitative estimate of drug-likeness (QED) is 0.552. The fourth-order valence-electron chi connectivity index (χ4n) is 3.92. The number of imidazole rings is 1. The van der Waals surface area contributed by atoms with Crippen LogP contribution >= 0.6 is 0 Å². The van der Waals surface area contributed by atoms with Gasteiger partial charge in [-0.05, 0) is 32.0 Å². The Morgan fingerprint density at radius 2 is 2.18 bits per heavy atom. The van der Waals surface area contributed by atoms with Crippen molar-refractivity contribution in [2.45, 2.75) is 19.9 Å². The molecule has 0 saturated heterocycles. The molecule has 1 unspecified atom stereocenters. The molecule has 140 valence electrons. The fourth-order valence-corrected chi connectivity index (χ4v) is 3.92. The van der Waals surface area contributed by atoms with E-state index in [1.807, 2.05) is 25.1 Å². The van der Waals surface area contributed by atoms with Crippen molar-refractivity contribution in [2.24, 2.45) is 0 Å². The average Bonchev–Trinajstić information content (AvgIpc) is 3.24. The van der Waals surface area contributed by atoms with E-state index in [1.54, 1.807) is 23.8 Å². The lowest BCUT2D eigenvalue weighted by Crippen LogP contribution is -2.31. The number of hydrogen-bond acceptors (Lipinski definition) is 6. The number of pyridine rings is 1. The topological polar surface area (TPSA) is 103 Å². The maximum atomic E-state index is 12.8. The third-order valence-corrected chi connectivity index (χ3v) is 5.13. The molecular weight excluding hydrogens is 360 g/mol. The second-order valence-corrected chi connectivity index (χ2v) is 6.76. The molecule has 4 heterocycles. The largest absolute Gasteiger partial charge is 0.488 e. The molecule has 1 aliphatic rings. The molecule has 0 bridgehead atoms. The zero-order chi connectivity index (χ0) is 19.4. The van der Waals surface area contributed by atoms with E-state index >= 15 is 0 Å². The number of hydrogen-bond donors (Lipinski definition) is 1. The lowest BCUT2D eigenvalue weighted by atomic mass is 9.98. The highest BCUT2D eigenvalue weighted by Crippen LogP contribution is 2.43. The highest BCUT2D eigenvalue weighted by molar-refractivity contribution is 6.02. The molecule has 28 heavy (non-hydrogen) atoms. The van der Waals surface area contributed by atoms with E-state index in [1.165, 1.54) is 0 Å². The predicted octanol–water partition coefficient (Wildman–Crippen LogP) is 2.79. The summed E-state index contributed by atoms with van der Waals surface area (Å²) in [4.78, 5) is 31.8. The number of aromatic nitrogens is 4. The van der Waals surface area contributed by atoms with E-state index in [0.29, 0.717) is 45.1 Å². The summed E-state index contributed by atoms with van der Waals surface area (Å²) in [5, 5.41) is 4.01. The molecule has 3 aromatic heterocycles. The normalized spacial score (nSPS) is 15.6. The molecule has 8 nitrogen and oxygen atoms in total. The van der Waals surface area contributed by atoms with Gasteiger partial charge in [-0.1, -0.05) is 11.2 Å². The van der Waals surface area contributed by atoms with Gasteiger partial charge in [-0.2, -0.15) is 0 Å². The van der Waals surface area contributed by atoms with Crippen molar-refractivity contribution in [2.75, 3.05) is 6.61 Å². The second-order valence-electron chi connectivity index (χ2n) is 6.76. The van der Waals surface area contributed by atoms with Gasteiger partial charge in [-0.25, -0.2) is 4.79 Å². The lowest BCUT2D eigenvalue weighted by Gasteiger charge is -2.26. The Balaban J connectivity index is 1.88. The van der Waals surface area contributed by atoms with Gasteiger partial charge in [0.05, 0.1) is 22.5 Å². The first kappa shape index (κ1) is 16.5. The van der Waals surface area contributed by atoms with Gasteiger partial charge < -0.3 is 14.2 Å². The predicted molar refractivity (Wildman–Crippen MR) is 101 cm³/mol. The molecule has 1 aromatic carbocycles. The van der Waals surface area contributed by atoms with Gasteiger partial charge in [0, 0.05) is 17.3 Å². The number of aryl methyl sites for hydroxylation is 2. The molecule has 0 saturated carbocycles. The zero-order valence-corrected chi connectivity index (χ0v) is 15.2. The van der Waals surface area contributed by atoms with Crippen molar-refractivity contribution < 1.29 is 14.1 Å². The number of aromatic amines is 1. The molecule has 0 spiro atoms. The maximum Gasteiger partial charge on any atom is 0.327 e. The van der Waals surface area contributed by atoms with Crippen LogP contribution in [0.2, 0.25) is 0 Å². The van der Waals surface area contributed by atoms with Crippen LogP contribution in [0.15, 0.2) is 39.8 Å². The zero-order valence-electron chi connectivity index (χ0n) is 15.2. The number of ether oxygens (including phenoxy) is 1. The van der Waals surface area contributed by atoms with Crippen LogP contribution < -0.4 is 10.4 Å². The SMILES string of the molecule is Cc1noc(C)c1-c1cc(C=O)c2[nH]c(=O)n3c2c1OCC3c1ccccn1. The van der Waals surface area contributed by atoms with Gasteiger partial charge in [0.2, 0.25) is 0 Å². The van der Waals surface area contributed by atoms with Crippen molar-refractivity contribution in [3.8, 4) is 16.9 Å². The summed E-state index contributed by atoms with van der Waals surface area (Å²) in [6.45, 7) is 3.87. The van der Waals surface area contributed by atoms with E-state index in [4.69, 9.17) is 9.26 Å². The number of aldehydes is 1. The Kier molecular flexibility index (Phi) is 3.48. The van der Waals surface area contributed by atoms with Crippen LogP contribution in [-0.4, -0.2) is 32.6 Å². The standard InChI is InChI=1S/C20H16N4O4/c1-10-16(11(2)28-23-10)13-7-12(8-25)17-18-19(13)27-9-15(24(18)20(26)22-17)14-5-3-4-6-21-14/h3-8,15H,9H2,1-2H3,(H,22,26). The van der Waals surface area contributed by atoms with Crippen LogP contribution in [0.25, 0.3) is 22.2 Å². The van der Waals surface area contributed by atoms with Gasteiger partial charge in [0.15, 0.2) is 12.0 Å². The van der Waals surface area contributed by atoms with Gasteiger partial charge in [-0.3, -0.25) is 14.3 Å². The highest BCUT2D eigenvalue weighted by Gasteiger charge is 2.32. The van der Waals surface area contributed by atoms with Crippen LogP contribution in [-0.2, 0) is 0 Å². The summed E-state index contributed by atoms with van der Waals surface area (Å²) in [7, 11) is 0. The molecule has 0 aliphatic carbocycles. The average molecular weight is 376 g/mol. The summed E-state index contributed by atoms with van der Waals surface area (Å²) >= 11 is 0. The number of benzene rings is 1. The van der Waals surface area contributed by atoms with Crippen molar-refractivity contribution in [3.63, 3.8) is 0 Å². The first-order valence-corrected chi connectivity index (χ1v) is 8.83. The minimum Gasteiger partial charge on any atom is -0.488 e. The number of nitrogens with one attached hydrogen (secondary N) is 1. The Bertz CT molecular complexity index is 1260. The summed E-state index contributed by atoms with van der Waals surface area (Å²) in [5.41, 5.74) is 3.90. The van der Waals surface area contributed by atoms with Crippen molar-refractivity contribution in [1.82, 2.24) is 19.7 Å². The van der Waals surface area contributed by atoms with Crippen LogP contribution in [0.3, 0.4) is 0 Å². The Hall–Kier alpha value is -3.68. The Morgan fingerprint density at radius 3 is 2.86 bits per heavy atom. The van der Waals surface area contributed by atoms with E-state index in [9.17, 15) is 9.59 Å². The number of carbonyl (C=O) groups excluding carboxylic acids is 1. The first-order valence-electron chi connectivity index (χ1n) is 8.83. The summed E-state index contributed by atoms with van der Waals surface area (Å²) in [6.07, 6.45) is 2.41. The minimum atomic E-state index is -0.394. The summed E-state index contributed by atoms with van der Waals surface area (Å²) < 4.78 is 13.0. The highest BCUT2D eigenvalue weighted by atomic mass is 16.5. The van der Waals surface area contributed by atoms with Gasteiger partial charge in [0.25, 0.3) is 0 Å². The van der Waals surface area contributed by atoms with Crippen LogP contribution in [0.4, 0.5) is 0 Å². The molecule has 8 heteroatoms. The first-order chi connectivity index (χ1) is 13.6. The number of nitrogens with zero attached hydrogens (tertiary/aromatic N) is 3. The van der Waals surface area contributed by atoms with Crippen LogP contribution in [0.1, 0.15) is 33.5 Å². The van der Waals surface area contributed by atoms with E-state index < -0.39 is 6.04 Å². The second kappa shape index (κ2) is 5.91. The van der Waals surface area contributed by atoms with Gasteiger partial charge in [-0.15, -0.1) is 0 Å². The van der Waals surface area contributed by atoms with Crippen molar-refractivity contribution in [1.29, 1.82) is 0 Å². The molecule has 1 aliphatic heterocycles. The maximum absolute atomic E-state index is 12.8. The van der Waals surface area contributed by atoms with Gasteiger partial charge in [0.1, 0.15) is 23.9 Å². The third kappa shape index (κ3) is 2.17. The third-order valence-electron chi connectivity index (χ3n) is 5.13. The van der Waals surface area contributed by atoms with Crippen molar-refractivity contribution in [3.05, 3.63) is 63.7 Å². The van der Waals surface area contributed by atoms with Crippen LogP contribution in [0.5, 0.6) is 5.75 Å². The van der Waals surface area contributed by atoms with Crippen LogP contribution in [0, 0.1) is 13.8 Å². The van der Waals surface area contributed by atoms with Crippen molar-refractivity contribution >= 4 is 17.3 Å². The van der Waals surface area contributed by atoms with E-state index in [2.05, 4.69) is 15.1 Å². The van der Waals surface area contributed by atoms with Gasteiger partial charge >= 0.3 is 5.69 Å². The minimum absolute atomic E-state index is 0.244.